The van der Waals surface area contributed by atoms with Crippen LogP contribution in [0.25, 0.3) is 0 Å². The minimum atomic E-state index is 0.597. The third-order valence-electron chi connectivity index (χ3n) is 1.91. The normalized spacial score (nSPS) is 16.9. The maximum atomic E-state index is 5.96. The van der Waals surface area contributed by atoms with Crippen molar-refractivity contribution in [3.05, 3.63) is 33.8 Å². The molecule has 0 aromatic heterocycles. The van der Waals surface area contributed by atoms with E-state index < -0.39 is 0 Å². The molecular formula is C9H7Cl2. The molecule has 1 aromatic carbocycles. The number of hydrogen-bond donors (Lipinski definition) is 0. The van der Waals surface area contributed by atoms with E-state index in [1.165, 1.54) is 18.4 Å². The van der Waals surface area contributed by atoms with Gasteiger partial charge in [0.2, 0.25) is 0 Å². The van der Waals surface area contributed by atoms with Crippen LogP contribution in [0.5, 0.6) is 0 Å². The molecule has 0 unspecified atom stereocenters. The van der Waals surface area contributed by atoms with Crippen LogP contribution in [0.2, 0.25) is 10.0 Å². The largest absolute Gasteiger partial charge is 0.0840 e. The lowest BCUT2D eigenvalue weighted by atomic mass is 10.1. The van der Waals surface area contributed by atoms with E-state index in [4.69, 9.17) is 23.2 Å². The number of rotatable bonds is 1. The molecule has 0 spiro atoms. The first-order chi connectivity index (χ1) is 5.27. The van der Waals surface area contributed by atoms with Crippen molar-refractivity contribution in [1.29, 1.82) is 0 Å². The molecule has 0 heterocycles. The molecule has 0 aliphatic heterocycles. The van der Waals surface area contributed by atoms with Crippen LogP contribution in [0, 0.1) is 6.07 Å². The topological polar surface area (TPSA) is 0 Å². The highest BCUT2D eigenvalue weighted by Gasteiger charge is 2.25. The Morgan fingerprint density at radius 1 is 1.36 bits per heavy atom. The molecule has 2 heteroatoms. The molecule has 2 rings (SSSR count). The fourth-order valence-corrected chi connectivity index (χ4v) is 1.70. The number of halogens is 2. The number of benzene rings is 1. The third kappa shape index (κ3) is 1.52. The lowest BCUT2D eigenvalue weighted by molar-refractivity contribution is 1.13. The van der Waals surface area contributed by atoms with E-state index in [2.05, 4.69) is 6.07 Å². The summed E-state index contributed by atoms with van der Waals surface area (Å²) in [7, 11) is 0. The van der Waals surface area contributed by atoms with E-state index in [0.29, 0.717) is 10.9 Å². The second kappa shape index (κ2) is 2.69. The molecule has 0 amide bonds. The molecule has 0 atom stereocenters. The van der Waals surface area contributed by atoms with Crippen LogP contribution in [0.1, 0.15) is 24.3 Å². The summed E-state index contributed by atoms with van der Waals surface area (Å²) in [5.41, 5.74) is 1.20. The van der Waals surface area contributed by atoms with E-state index in [1.54, 1.807) is 6.07 Å². The summed E-state index contributed by atoms with van der Waals surface area (Å²) in [5, 5.41) is 1.38. The van der Waals surface area contributed by atoms with Crippen molar-refractivity contribution in [2.24, 2.45) is 0 Å². The smallest absolute Gasteiger partial charge is 0.0499 e. The summed E-state index contributed by atoms with van der Waals surface area (Å²) in [6, 6.07) is 6.61. The maximum Gasteiger partial charge on any atom is 0.0499 e. The summed E-state index contributed by atoms with van der Waals surface area (Å²) in [5.74, 6) is 0.677. The van der Waals surface area contributed by atoms with Gasteiger partial charge in [-0.1, -0.05) is 23.2 Å². The Morgan fingerprint density at radius 3 is 2.64 bits per heavy atom. The van der Waals surface area contributed by atoms with Crippen molar-refractivity contribution in [2.75, 3.05) is 0 Å². The highest BCUT2D eigenvalue weighted by atomic mass is 35.5. The molecule has 1 aromatic rings. The van der Waals surface area contributed by atoms with Crippen LogP contribution < -0.4 is 0 Å². The zero-order chi connectivity index (χ0) is 7.84. The molecule has 1 aliphatic carbocycles. The van der Waals surface area contributed by atoms with Gasteiger partial charge in [-0.2, -0.15) is 0 Å². The van der Waals surface area contributed by atoms with Gasteiger partial charge in [0.15, 0.2) is 0 Å². The standard InChI is InChI=1S/C9H7Cl2/c10-7-3-4-8(6-1-2-6)9(11)5-7/h4-6H,1-2H2. The molecule has 0 N–H and O–H groups in total. The van der Waals surface area contributed by atoms with Gasteiger partial charge in [0, 0.05) is 16.1 Å². The van der Waals surface area contributed by atoms with Crippen LogP contribution in [-0.4, -0.2) is 0 Å². The fraction of sp³-hybridized carbons (Fsp3) is 0.333. The van der Waals surface area contributed by atoms with Crippen LogP contribution in [0.15, 0.2) is 12.1 Å². The average molecular weight is 186 g/mol. The molecule has 57 valence electrons. The maximum absolute atomic E-state index is 5.96. The minimum Gasteiger partial charge on any atom is -0.0840 e. The van der Waals surface area contributed by atoms with Gasteiger partial charge in [-0.3, -0.25) is 0 Å². The zero-order valence-electron chi connectivity index (χ0n) is 5.90. The van der Waals surface area contributed by atoms with Crippen molar-refractivity contribution < 1.29 is 0 Å². The van der Waals surface area contributed by atoms with E-state index in [-0.39, 0.29) is 0 Å². The van der Waals surface area contributed by atoms with Gasteiger partial charge >= 0.3 is 0 Å². The summed E-state index contributed by atoms with van der Waals surface area (Å²) < 4.78 is 0. The first kappa shape index (κ1) is 7.45. The van der Waals surface area contributed by atoms with Crippen molar-refractivity contribution in [3.63, 3.8) is 0 Å². The lowest BCUT2D eigenvalue weighted by Gasteiger charge is -2.00. The van der Waals surface area contributed by atoms with Crippen molar-refractivity contribution in [2.45, 2.75) is 18.8 Å². The highest BCUT2D eigenvalue weighted by Crippen LogP contribution is 2.43. The Morgan fingerprint density at radius 2 is 2.09 bits per heavy atom. The second-order valence-corrected chi connectivity index (χ2v) is 3.67. The van der Waals surface area contributed by atoms with E-state index >= 15 is 0 Å². The molecule has 0 bridgehead atoms. The molecule has 0 saturated heterocycles. The Hall–Kier alpha value is -0.200. The highest BCUT2D eigenvalue weighted by molar-refractivity contribution is 6.35. The predicted octanol–water partition coefficient (Wildman–Crippen LogP) is 3.67. The van der Waals surface area contributed by atoms with Gasteiger partial charge in [0.25, 0.3) is 0 Å². The summed E-state index contributed by atoms with van der Waals surface area (Å²) in [6.07, 6.45) is 2.52. The van der Waals surface area contributed by atoms with Crippen LogP contribution in [0.4, 0.5) is 0 Å². The van der Waals surface area contributed by atoms with Gasteiger partial charge in [-0.15, -0.1) is 0 Å². The first-order valence-corrected chi connectivity index (χ1v) is 4.39. The quantitative estimate of drug-likeness (QED) is 0.627. The average Bonchev–Trinajstić information content (AvgIpc) is 2.70. The van der Waals surface area contributed by atoms with E-state index in [1.807, 2.05) is 6.07 Å². The van der Waals surface area contributed by atoms with Crippen LogP contribution >= 0.6 is 23.2 Å². The summed E-state index contributed by atoms with van der Waals surface area (Å²) in [6.45, 7) is 0. The molecular weight excluding hydrogens is 179 g/mol. The first-order valence-electron chi connectivity index (χ1n) is 3.64. The van der Waals surface area contributed by atoms with Crippen LogP contribution in [0.3, 0.4) is 0 Å². The Labute approximate surface area is 76.1 Å². The molecule has 0 nitrogen and oxygen atoms in total. The molecule has 1 radical (unpaired) electrons. The predicted molar refractivity (Wildman–Crippen MR) is 47.3 cm³/mol. The van der Waals surface area contributed by atoms with Gasteiger partial charge in [-0.05, 0) is 36.5 Å². The monoisotopic (exact) mass is 185 g/mol. The van der Waals surface area contributed by atoms with Gasteiger partial charge in [0.05, 0.1) is 0 Å². The van der Waals surface area contributed by atoms with E-state index in [0.717, 1.165) is 5.02 Å². The van der Waals surface area contributed by atoms with Gasteiger partial charge in [-0.25, -0.2) is 0 Å². The van der Waals surface area contributed by atoms with Gasteiger partial charge in [0.1, 0.15) is 0 Å². The molecule has 1 fully saturated rings. The molecule has 1 aliphatic rings. The lowest BCUT2D eigenvalue weighted by Crippen LogP contribution is -1.80. The Balaban J connectivity index is 2.39. The van der Waals surface area contributed by atoms with Crippen molar-refractivity contribution >= 4 is 23.2 Å². The van der Waals surface area contributed by atoms with Crippen LogP contribution in [-0.2, 0) is 0 Å². The molecule has 11 heavy (non-hydrogen) atoms. The minimum absolute atomic E-state index is 0.597. The van der Waals surface area contributed by atoms with Crippen molar-refractivity contribution in [3.8, 4) is 0 Å². The molecule has 1 saturated carbocycles. The van der Waals surface area contributed by atoms with Gasteiger partial charge < -0.3 is 0 Å². The second-order valence-electron chi connectivity index (χ2n) is 2.86. The summed E-state index contributed by atoms with van der Waals surface area (Å²) >= 11 is 11.7. The zero-order valence-corrected chi connectivity index (χ0v) is 7.41. The summed E-state index contributed by atoms with van der Waals surface area (Å²) in [4.78, 5) is 0. The Bertz CT molecular complexity index is 277. The Kier molecular flexibility index (Phi) is 1.82. The van der Waals surface area contributed by atoms with E-state index in [9.17, 15) is 0 Å². The number of hydrogen-bond acceptors (Lipinski definition) is 0. The fourth-order valence-electron chi connectivity index (χ4n) is 1.16. The third-order valence-corrected chi connectivity index (χ3v) is 2.46. The van der Waals surface area contributed by atoms with Crippen molar-refractivity contribution in [1.82, 2.24) is 0 Å². The SMILES string of the molecule is Clc1[c]cc(C2CC2)c(Cl)c1.